The van der Waals surface area contributed by atoms with Crippen LogP contribution in [0.25, 0.3) is 0 Å². The molecule has 0 heterocycles. The van der Waals surface area contributed by atoms with Gasteiger partial charge in [-0.15, -0.1) is 6.58 Å². The summed E-state index contributed by atoms with van der Waals surface area (Å²) in [6.45, 7) is 7.94. The van der Waals surface area contributed by atoms with E-state index in [9.17, 15) is 9.90 Å². The topological polar surface area (TPSA) is 49.3 Å². The monoisotopic (exact) mass is 233 g/mol. The highest BCUT2D eigenvalue weighted by Crippen LogP contribution is 2.22. The summed E-state index contributed by atoms with van der Waals surface area (Å²) in [5.41, 5.74) is 0.583. The summed E-state index contributed by atoms with van der Waals surface area (Å²) in [7, 11) is 0. The number of carboxylic acid groups (broad SMARTS) is 1. The Hall–Kier alpha value is -1.61. The first kappa shape index (κ1) is 13.5. The first-order valence-corrected chi connectivity index (χ1v) is 5.61. The highest BCUT2D eigenvalue weighted by molar-refractivity contribution is 5.75. The van der Waals surface area contributed by atoms with E-state index < -0.39 is 17.4 Å². The average Bonchev–Trinajstić information content (AvgIpc) is 2.30. The van der Waals surface area contributed by atoms with Crippen molar-refractivity contribution in [1.29, 1.82) is 0 Å². The molecule has 1 atom stereocenters. The SMILES string of the molecule is C=CC(C)(C)[C@@H](NCc1ccccc1)C(=O)O. The summed E-state index contributed by atoms with van der Waals surface area (Å²) >= 11 is 0. The van der Waals surface area contributed by atoms with E-state index in [2.05, 4.69) is 11.9 Å². The molecule has 0 aliphatic carbocycles. The third-order valence-electron chi connectivity index (χ3n) is 2.87. The second kappa shape index (κ2) is 5.64. The van der Waals surface area contributed by atoms with Gasteiger partial charge in [0, 0.05) is 12.0 Å². The Kier molecular flexibility index (Phi) is 4.46. The number of aliphatic carboxylic acids is 1. The van der Waals surface area contributed by atoms with E-state index in [1.54, 1.807) is 6.08 Å². The first-order valence-electron chi connectivity index (χ1n) is 5.61. The standard InChI is InChI=1S/C14H19NO2/c1-4-14(2,3)12(13(16)17)15-10-11-8-6-5-7-9-11/h4-9,12,15H,1,10H2,2-3H3,(H,16,17)/t12-/m0/s1. The van der Waals surface area contributed by atoms with E-state index in [4.69, 9.17) is 0 Å². The van der Waals surface area contributed by atoms with Crippen LogP contribution in [0.5, 0.6) is 0 Å². The van der Waals surface area contributed by atoms with Gasteiger partial charge in [0.05, 0.1) is 0 Å². The van der Waals surface area contributed by atoms with Gasteiger partial charge >= 0.3 is 5.97 Å². The van der Waals surface area contributed by atoms with Crippen LogP contribution in [0, 0.1) is 5.41 Å². The molecule has 0 spiro atoms. The van der Waals surface area contributed by atoms with Gasteiger partial charge in [-0.1, -0.05) is 50.3 Å². The Morgan fingerprint density at radius 2 is 2.06 bits per heavy atom. The molecule has 0 aliphatic heterocycles. The molecule has 17 heavy (non-hydrogen) atoms. The number of hydrogen-bond acceptors (Lipinski definition) is 2. The lowest BCUT2D eigenvalue weighted by atomic mass is 9.84. The summed E-state index contributed by atoms with van der Waals surface area (Å²) in [6.07, 6.45) is 1.67. The predicted molar refractivity (Wildman–Crippen MR) is 68.7 cm³/mol. The molecule has 0 amide bonds. The van der Waals surface area contributed by atoms with Crippen LogP contribution in [0.15, 0.2) is 43.0 Å². The third-order valence-corrected chi connectivity index (χ3v) is 2.87. The molecule has 0 fully saturated rings. The molecular weight excluding hydrogens is 214 g/mol. The summed E-state index contributed by atoms with van der Waals surface area (Å²) in [6, 6.07) is 9.10. The minimum atomic E-state index is -0.856. The molecular formula is C14H19NO2. The molecule has 1 aromatic rings. The van der Waals surface area contributed by atoms with Gasteiger partial charge in [0.15, 0.2) is 0 Å². The second-order valence-corrected chi connectivity index (χ2v) is 4.66. The van der Waals surface area contributed by atoms with Crippen molar-refractivity contribution in [3.05, 3.63) is 48.6 Å². The third kappa shape index (κ3) is 3.71. The number of hydrogen-bond donors (Lipinski definition) is 2. The fourth-order valence-electron chi connectivity index (χ4n) is 1.60. The summed E-state index contributed by atoms with van der Waals surface area (Å²) in [4.78, 5) is 11.2. The molecule has 0 radical (unpaired) electrons. The van der Waals surface area contributed by atoms with Gasteiger partial charge < -0.3 is 5.11 Å². The van der Waals surface area contributed by atoms with Crippen LogP contribution in [0.1, 0.15) is 19.4 Å². The number of carboxylic acids is 1. The maximum Gasteiger partial charge on any atom is 0.321 e. The smallest absolute Gasteiger partial charge is 0.321 e. The van der Waals surface area contributed by atoms with Gasteiger partial charge in [-0.3, -0.25) is 10.1 Å². The lowest BCUT2D eigenvalue weighted by molar-refractivity contribution is -0.141. The van der Waals surface area contributed by atoms with Gasteiger partial charge in [-0.2, -0.15) is 0 Å². The van der Waals surface area contributed by atoms with Crippen molar-refractivity contribution in [3.63, 3.8) is 0 Å². The molecule has 3 nitrogen and oxygen atoms in total. The quantitative estimate of drug-likeness (QED) is 0.742. The first-order chi connectivity index (χ1) is 7.97. The van der Waals surface area contributed by atoms with Gasteiger partial charge in [-0.05, 0) is 5.56 Å². The predicted octanol–water partition coefficient (Wildman–Crippen LogP) is 2.44. The molecule has 0 bridgehead atoms. The summed E-state index contributed by atoms with van der Waals surface area (Å²) < 4.78 is 0. The zero-order chi connectivity index (χ0) is 12.9. The fraction of sp³-hybridized carbons (Fsp3) is 0.357. The van der Waals surface area contributed by atoms with Crippen molar-refractivity contribution in [2.75, 3.05) is 0 Å². The Labute approximate surface area is 102 Å². The highest BCUT2D eigenvalue weighted by Gasteiger charge is 2.32. The molecule has 0 saturated heterocycles. The van der Waals surface area contributed by atoms with Crippen molar-refractivity contribution < 1.29 is 9.90 Å². The van der Waals surface area contributed by atoms with Crippen molar-refractivity contribution in [3.8, 4) is 0 Å². The summed E-state index contributed by atoms with van der Waals surface area (Å²) in [5.74, 6) is -0.856. The van der Waals surface area contributed by atoms with E-state index in [1.807, 2.05) is 44.2 Å². The zero-order valence-electron chi connectivity index (χ0n) is 10.3. The largest absolute Gasteiger partial charge is 0.480 e. The lowest BCUT2D eigenvalue weighted by Crippen LogP contribution is -2.46. The molecule has 2 N–H and O–H groups in total. The Morgan fingerprint density at radius 1 is 1.47 bits per heavy atom. The van der Waals surface area contributed by atoms with E-state index >= 15 is 0 Å². The minimum Gasteiger partial charge on any atom is -0.480 e. The molecule has 0 unspecified atom stereocenters. The van der Waals surface area contributed by atoms with E-state index in [-0.39, 0.29) is 0 Å². The van der Waals surface area contributed by atoms with Gasteiger partial charge in [0.25, 0.3) is 0 Å². The van der Waals surface area contributed by atoms with E-state index in [1.165, 1.54) is 0 Å². The van der Waals surface area contributed by atoms with Crippen LogP contribution in [0.2, 0.25) is 0 Å². The molecule has 92 valence electrons. The second-order valence-electron chi connectivity index (χ2n) is 4.66. The van der Waals surface area contributed by atoms with Crippen LogP contribution in [-0.2, 0) is 11.3 Å². The van der Waals surface area contributed by atoms with Crippen molar-refractivity contribution in [1.82, 2.24) is 5.32 Å². The van der Waals surface area contributed by atoms with Crippen LogP contribution in [-0.4, -0.2) is 17.1 Å². The van der Waals surface area contributed by atoms with Gasteiger partial charge in [0.2, 0.25) is 0 Å². The van der Waals surface area contributed by atoms with Crippen LogP contribution in [0.4, 0.5) is 0 Å². The number of benzene rings is 1. The fourth-order valence-corrected chi connectivity index (χ4v) is 1.60. The lowest BCUT2D eigenvalue weighted by Gasteiger charge is -2.28. The highest BCUT2D eigenvalue weighted by atomic mass is 16.4. The number of rotatable bonds is 6. The Morgan fingerprint density at radius 3 is 2.53 bits per heavy atom. The Bertz CT molecular complexity index is 384. The minimum absolute atomic E-state index is 0.486. The maximum atomic E-state index is 11.2. The number of nitrogens with one attached hydrogen (secondary N) is 1. The summed E-state index contributed by atoms with van der Waals surface area (Å²) in [5, 5.41) is 12.3. The van der Waals surface area contributed by atoms with Crippen LogP contribution >= 0.6 is 0 Å². The zero-order valence-corrected chi connectivity index (χ0v) is 10.3. The molecule has 1 aromatic carbocycles. The van der Waals surface area contributed by atoms with Gasteiger partial charge in [-0.25, -0.2) is 0 Å². The molecule has 3 heteroatoms. The molecule has 1 rings (SSSR count). The van der Waals surface area contributed by atoms with Crippen molar-refractivity contribution in [2.24, 2.45) is 5.41 Å². The number of carbonyl (C=O) groups is 1. The molecule has 0 aliphatic rings. The van der Waals surface area contributed by atoms with Crippen LogP contribution in [0.3, 0.4) is 0 Å². The normalized spacial score (nSPS) is 13.1. The van der Waals surface area contributed by atoms with Crippen molar-refractivity contribution in [2.45, 2.75) is 26.4 Å². The van der Waals surface area contributed by atoms with Crippen molar-refractivity contribution >= 4 is 5.97 Å². The van der Waals surface area contributed by atoms with E-state index in [0.717, 1.165) is 5.56 Å². The maximum absolute atomic E-state index is 11.2. The molecule has 0 aromatic heterocycles. The van der Waals surface area contributed by atoms with E-state index in [0.29, 0.717) is 6.54 Å². The van der Waals surface area contributed by atoms with Crippen LogP contribution < -0.4 is 5.32 Å². The molecule has 0 saturated carbocycles. The average molecular weight is 233 g/mol. The van der Waals surface area contributed by atoms with Gasteiger partial charge in [0.1, 0.15) is 6.04 Å². The Balaban J connectivity index is 2.70.